The number of fused-ring (bicyclic) bond motifs is 2. The first-order valence-electron chi connectivity index (χ1n) is 7.97. The van der Waals surface area contributed by atoms with Crippen LogP contribution in [-0.4, -0.2) is 19.9 Å². The van der Waals surface area contributed by atoms with Crippen LogP contribution < -0.4 is 9.29 Å². The smallest absolute Gasteiger partial charge is 0.534 e. The number of aliphatic carboxylic acids is 1. The van der Waals surface area contributed by atoms with E-state index in [0.29, 0.717) is 24.0 Å². The van der Waals surface area contributed by atoms with Gasteiger partial charge >= 0.3 is 15.6 Å². The van der Waals surface area contributed by atoms with Crippen molar-refractivity contribution in [1.82, 2.24) is 0 Å². The van der Waals surface area contributed by atoms with Crippen LogP contribution in [0.25, 0.3) is 0 Å². The van der Waals surface area contributed by atoms with Crippen molar-refractivity contribution in [2.75, 3.05) is 0 Å². The van der Waals surface area contributed by atoms with E-state index < -0.39 is 27.3 Å². The Morgan fingerprint density at radius 2 is 1.81 bits per heavy atom. The average Bonchev–Trinajstić information content (AvgIpc) is 2.69. The zero-order valence-electron chi connectivity index (χ0n) is 13.8. The van der Waals surface area contributed by atoms with Gasteiger partial charge in [-0.1, -0.05) is 30.3 Å². The first kappa shape index (κ1) is 19.2. The summed E-state index contributed by atoms with van der Waals surface area (Å²) in [6.45, 7) is 0. The Morgan fingerprint density at radius 1 is 1.11 bits per heavy atom. The van der Waals surface area contributed by atoms with Gasteiger partial charge in [0.1, 0.15) is 5.75 Å². The lowest BCUT2D eigenvalue weighted by Crippen LogP contribution is -2.28. The molecule has 5 nitrogen and oxygen atoms in total. The highest BCUT2D eigenvalue weighted by molar-refractivity contribution is 7.88. The summed E-state index contributed by atoms with van der Waals surface area (Å²) in [5.74, 6) is -1.99. The van der Waals surface area contributed by atoms with Crippen LogP contribution >= 0.6 is 0 Å². The van der Waals surface area contributed by atoms with Crippen molar-refractivity contribution in [2.24, 2.45) is 0 Å². The van der Waals surface area contributed by atoms with E-state index in [1.165, 1.54) is 12.1 Å². The van der Waals surface area contributed by atoms with Crippen molar-refractivity contribution in [2.45, 2.75) is 30.7 Å². The molecule has 0 aliphatic heterocycles. The summed E-state index contributed by atoms with van der Waals surface area (Å²) in [6.07, 6.45) is 0.460. The number of benzene rings is 2. The molecule has 3 rings (SSSR count). The fraction of sp³-hybridized carbons (Fsp3) is 0.278. The standard InChI is InChI=1S/C18H15F3O5S/c19-18(20,21)27(24,25)26-15-6-5-11-7-14(10-17(22)23)16-4-2-1-3-12(16)8-13(11)9-15/h1-6,9,14H,7-8,10H2,(H,22,23)/p-1. The molecule has 0 amide bonds. The first-order valence-corrected chi connectivity index (χ1v) is 9.38. The third-order valence-electron chi connectivity index (χ3n) is 4.42. The lowest BCUT2D eigenvalue weighted by molar-refractivity contribution is -0.306. The minimum absolute atomic E-state index is 0.197. The van der Waals surface area contributed by atoms with Gasteiger partial charge in [-0.05, 0) is 59.6 Å². The Labute approximate surface area is 153 Å². The van der Waals surface area contributed by atoms with Gasteiger partial charge in [0.2, 0.25) is 0 Å². The topological polar surface area (TPSA) is 83.5 Å². The first-order chi connectivity index (χ1) is 12.6. The summed E-state index contributed by atoms with van der Waals surface area (Å²) in [5, 5.41) is 11.1. The quantitative estimate of drug-likeness (QED) is 0.582. The summed E-state index contributed by atoms with van der Waals surface area (Å²) >= 11 is 0. The minimum Gasteiger partial charge on any atom is -0.550 e. The SMILES string of the molecule is O=C([O-])CC1Cc2ccc(OS(=O)(=O)C(F)(F)F)cc2Cc2ccccc21. The summed E-state index contributed by atoms with van der Waals surface area (Å²) in [6, 6.07) is 11.0. The number of carboxylic acid groups (broad SMARTS) is 1. The molecular weight excluding hydrogens is 385 g/mol. The van der Waals surface area contributed by atoms with Crippen LogP contribution in [0.1, 0.15) is 34.6 Å². The van der Waals surface area contributed by atoms with Gasteiger partial charge in [-0.3, -0.25) is 0 Å². The molecule has 0 saturated heterocycles. The molecular formula is C18H14F3O5S-. The van der Waals surface area contributed by atoms with E-state index >= 15 is 0 Å². The van der Waals surface area contributed by atoms with Crippen molar-refractivity contribution in [1.29, 1.82) is 0 Å². The average molecular weight is 399 g/mol. The summed E-state index contributed by atoms with van der Waals surface area (Å²) in [7, 11) is -5.76. The Bertz CT molecular complexity index is 983. The van der Waals surface area contributed by atoms with Gasteiger partial charge in [0.15, 0.2) is 0 Å². The maximum absolute atomic E-state index is 12.5. The van der Waals surface area contributed by atoms with Gasteiger partial charge in [0.25, 0.3) is 0 Å². The largest absolute Gasteiger partial charge is 0.550 e. The van der Waals surface area contributed by atoms with E-state index in [2.05, 4.69) is 4.18 Å². The van der Waals surface area contributed by atoms with Crippen LogP contribution in [0.5, 0.6) is 5.75 Å². The van der Waals surface area contributed by atoms with Crippen molar-refractivity contribution in [3.8, 4) is 5.75 Å². The highest BCUT2D eigenvalue weighted by Crippen LogP contribution is 2.36. The van der Waals surface area contributed by atoms with Crippen LogP contribution in [0.4, 0.5) is 13.2 Å². The fourth-order valence-corrected chi connectivity index (χ4v) is 3.70. The Balaban J connectivity index is 1.99. The molecule has 2 aromatic carbocycles. The van der Waals surface area contributed by atoms with E-state index in [1.807, 2.05) is 0 Å². The van der Waals surface area contributed by atoms with Crippen molar-refractivity contribution >= 4 is 16.1 Å². The van der Waals surface area contributed by atoms with Crippen molar-refractivity contribution < 1.29 is 35.7 Å². The molecule has 27 heavy (non-hydrogen) atoms. The molecule has 0 fully saturated rings. The number of hydrogen-bond donors (Lipinski definition) is 0. The van der Waals surface area contributed by atoms with Gasteiger partial charge in [-0.25, -0.2) is 0 Å². The molecule has 1 aliphatic carbocycles. The second-order valence-corrected chi connectivity index (χ2v) is 7.80. The third kappa shape index (κ3) is 4.08. The minimum atomic E-state index is -5.76. The molecule has 2 aromatic rings. The monoisotopic (exact) mass is 399 g/mol. The van der Waals surface area contributed by atoms with E-state index in [9.17, 15) is 31.5 Å². The Hall–Kier alpha value is -2.55. The molecule has 0 spiro atoms. The lowest BCUT2D eigenvalue weighted by atomic mass is 9.89. The molecule has 0 heterocycles. The number of alkyl halides is 3. The second-order valence-electron chi connectivity index (χ2n) is 6.27. The van der Waals surface area contributed by atoms with Crippen molar-refractivity contribution in [3.05, 3.63) is 64.7 Å². The summed E-state index contributed by atoms with van der Waals surface area (Å²) in [4.78, 5) is 11.1. The number of carbonyl (C=O) groups excluding carboxylic acids is 1. The van der Waals surface area contributed by atoms with Crippen LogP contribution in [-0.2, 0) is 27.8 Å². The molecule has 0 radical (unpaired) electrons. The van der Waals surface area contributed by atoms with E-state index in [-0.39, 0.29) is 12.3 Å². The highest BCUT2D eigenvalue weighted by atomic mass is 32.2. The fourth-order valence-electron chi connectivity index (χ4n) is 3.25. The summed E-state index contributed by atoms with van der Waals surface area (Å²) in [5.41, 5.74) is -2.58. The number of hydrogen-bond acceptors (Lipinski definition) is 5. The van der Waals surface area contributed by atoms with Crippen LogP contribution in [0.2, 0.25) is 0 Å². The van der Waals surface area contributed by atoms with Gasteiger partial charge in [0, 0.05) is 5.97 Å². The zero-order valence-corrected chi connectivity index (χ0v) is 14.6. The van der Waals surface area contributed by atoms with E-state index in [4.69, 9.17) is 0 Å². The number of rotatable bonds is 4. The Morgan fingerprint density at radius 3 is 2.48 bits per heavy atom. The van der Waals surface area contributed by atoms with E-state index in [0.717, 1.165) is 17.2 Å². The van der Waals surface area contributed by atoms with Crippen LogP contribution in [0.3, 0.4) is 0 Å². The van der Waals surface area contributed by atoms with Crippen LogP contribution in [0.15, 0.2) is 42.5 Å². The number of carbonyl (C=O) groups is 1. The number of carboxylic acids is 1. The molecule has 0 bridgehead atoms. The lowest BCUT2D eigenvalue weighted by Gasteiger charge is -2.18. The molecule has 0 aromatic heterocycles. The van der Waals surface area contributed by atoms with Crippen molar-refractivity contribution in [3.63, 3.8) is 0 Å². The molecule has 0 saturated carbocycles. The predicted molar refractivity (Wildman–Crippen MR) is 87.4 cm³/mol. The molecule has 1 atom stereocenters. The van der Waals surface area contributed by atoms with E-state index in [1.54, 1.807) is 24.3 Å². The highest BCUT2D eigenvalue weighted by Gasteiger charge is 2.48. The predicted octanol–water partition coefficient (Wildman–Crippen LogP) is 2.29. The molecule has 1 aliphatic rings. The molecule has 144 valence electrons. The normalized spacial score (nSPS) is 16.8. The zero-order chi connectivity index (χ0) is 19.8. The van der Waals surface area contributed by atoms with Gasteiger partial charge in [-0.2, -0.15) is 21.6 Å². The van der Waals surface area contributed by atoms with Gasteiger partial charge in [-0.15, -0.1) is 0 Å². The van der Waals surface area contributed by atoms with Crippen LogP contribution in [0, 0.1) is 0 Å². The Kier molecular flexibility index (Phi) is 4.90. The number of halogens is 3. The maximum atomic E-state index is 12.5. The molecule has 0 N–H and O–H groups in total. The maximum Gasteiger partial charge on any atom is 0.534 e. The molecule has 1 unspecified atom stereocenters. The van der Waals surface area contributed by atoms with Gasteiger partial charge in [0.05, 0.1) is 0 Å². The second kappa shape index (κ2) is 6.88. The summed E-state index contributed by atoms with van der Waals surface area (Å²) < 4.78 is 64.2. The third-order valence-corrected chi connectivity index (χ3v) is 5.40. The van der Waals surface area contributed by atoms with Gasteiger partial charge < -0.3 is 14.1 Å². The molecule has 9 heteroatoms.